The Balaban J connectivity index is 4.12. The summed E-state index contributed by atoms with van der Waals surface area (Å²) in [6.45, 7) is 10.6. The van der Waals surface area contributed by atoms with Gasteiger partial charge in [-0.05, 0) is 70.9 Å². The lowest BCUT2D eigenvalue weighted by Gasteiger charge is -2.29. The Morgan fingerprint density at radius 3 is 1.32 bits per heavy atom. The maximum atomic E-state index is 6.58. The lowest BCUT2D eigenvalue weighted by molar-refractivity contribution is -0.104. The minimum absolute atomic E-state index is 0.100. The van der Waals surface area contributed by atoms with Crippen LogP contribution in [0.15, 0.2) is 12.2 Å². The van der Waals surface area contributed by atoms with E-state index < -0.39 is 8.56 Å². The first kappa shape index (κ1) is 47.3. The third-order valence-electron chi connectivity index (χ3n) is 9.40. The van der Waals surface area contributed by atoms with E-state index in [-0.39, 0.29) is 6.29 Å². The van der Waals surface area contributed by atoms with Crippen molar-refractivity contribution >= 4 is 24.5 Å². The van der Waals surface area contributed by atoms with Crippen LogP contribution in [-0.2, 0) is 13.6 Å². The number of hydrogen-bond donors (Lipinski definition) is 0. The van der Waals surface area contributed by atoms with E-state index in [1.807, 2.05) is 0 Å². The van der Waals surface area contributed by atoms with Gasteiger partial charge in [-0.25, -0.2) is 0 Å². The SMILES string of the molecule is CCCCCCCCC=CCCCCCCCC(OCCCCCCCCCCCCCCCC)O[Si](C)(C)OCCCCCCBr. The number of hydrogen-bond acceptors (Lipinski definition) is 3. The molecule has 0 aliphatic heterocycles. The molecule has 0 N–H and O–H groups in total. The molecule has 0 saturated carbocycles. The largest absolute Gasteiger partial charge is 0.394 e. The Morgan fingerprint density at radius 2 is 0.851 bits per heavy atom. The van der Waals surface area contributed by atoms with Crippen molar-refractivity contribution in [2.75, 3.05) is 18.5 Å². The molecule has 3 nitrogen and oxygen atoms in total. The van der Waals surface area contributed by atoms with Gasteiger partial charge in [0.05, 0.1) is 0 Å². The van der Waals surface area contributed by atoms with E-state index in [9.17, 15) is 0 Å². The summed E-state index contributed by atoms with van der Waals surface area (Å²) in [6.07, 6.45) is 47.4. The molecule has 282 valence electrons. The van der Waals surface area contributed by atoms with Crippen LogP contribution in [0.4, 0.5) is 0 Å². The highest BCUT2D eigenvalue weighted by Gasteiger charge is 2.29. The second-order valence-corrected chi connectivity index (χ2v) is 18.9. The highest BCUT2D eigenvalue weighted by Crippen LogP contribution is 2.19. The molecule has 0 aliphatic carbocycles. The monoisotopic (exact) mass is 745 g/mol. The van der Waals surface area contributed by atoms with Crippen LogP contribution < -0.4 is 0 Å². The Morgan fingerprint density at radius 1 is 0.468 bits per heavy atom. The van der Waals surface area contributed by atoms with Crippen molar-refractivity contribution in [2.24, 2.45) is 0 Å². The Hall–Kier alpha value is 0.317. The van der Waals surface area contributed by atoms with E-state index in [0.29, 0.717) is 0 Å². The van der Waals surface area contributed by atoms with Gasteiger partial charge in [0, 0.05) is 18.5 Å². The van der Waals surface area contributed by atoms with Gasteiger partial charge in [-0.1, -0.05) is 190 Å². The molecule has 0 aromatic rings. The smallest absolute Gasteiger partial charge is 0.333 e. The molecule has 0 rings (SSSR count). The van der Waals surface area contributed by atoms with E-state index in [1.54, 1.807) is 0 Å². The number of alkyl halides is 1. The quantitative estimate of drug-likeness (QED) is 0.0205. The molecule has 0 aliphatic rings. The molecule has 5 heteroatoms. The van der Waals surface area contributed by atoms with Gasteiger partial charge in [-0.15, -0.1) is 0 Å². The maximum Gasteiger partial charge on any atom is 0.333 e. The molecular weight excluding hydrogens is 660 g/mol. The standard InChI is InChI=1S/C42H85BrO3Si/c1-5-7-9-11-13-15-17-19-21-22-24-26-28-30-34-38-42(46-47(3,4)45-41-37-33-31-35-39-43)44-40-36-32-29-27-25-23-20-18-16-14-12-10-8-6-2/h19,21,42H,5-18,20,22-41H2,1-4H3. The fraction of sp³-hybridized carbons (Fsp3) is 0.952. The van der Waals surface area contributed by atoms with Crippen LogP contribution in [0.1, 0.15) is 219 Å². The van der Waals surface area contributed by atoms with Gasteiger partial charge in [0.15, 0.2) is 0 Å². The zero-order chi connectivity index (χ0) is 34.4. The van der Waals surface area contributed by atoms with Gasteiger partial charge in [0.1, 0.15) is 6.29 Å². The number of allylic oxidation sites excluding steroid dienone is 2. The lowest BCUT2D eigenvalue weighted by atomic mass is 10.0. The van der Waals surface area contributed by atoms with E-state index in [0.717, 1.165) is 37.8 Å². The molecule has 0 fully saturated rings. The fourth-order valence-electron chi connectivity index (χ4n) is 6.29. The van der Waals surface area contributed by atoms with Gasteiger partial charge in [-0.2, -0.15) is 0 Å². The molecule has 0 aromatic carbocycles. The topological polar surface area (TPSA) is 27.7 Å². The highest BCUT2D eigenvalue weighted by atomic mass is 79.9. The Bertz CT molecular complexity index is 615. The van der Waals surface area contributed by atoms with Crippen LogP contribution >= 0.6 is 15.9 Å². The molecule has 0 heterocycles. The molecule has 0 amide bonds. The predicted molar refractivity (Wildman–Crippen MR) is 216 cm³/mol. The molecule has 1 atom stereocenters. The summed E-state index contributed by atoms with van der Waals surface area (Å²) >= 11 is 3.53. The van der Waals surface area contributed by atoms with Crippen molar-refractivity contribution in [3.8, 4) is 0 Å². The number of rotatable bonds is 40. The van der Waals surface area contributed by atoms with E-state index in [4.69, 9.17) is 13.6 Å². The first-order chi connectivity index (χ1) is 23.1. The van der Waals surface area contributed by atoms with Gasteiger partial charge >= 0.3 is 8.56 Å². The minimum Gasteiger partial charge on any atom is -0.394 e. The summed E-state index contributed by atoms with van der Waals surface area (Å²) in [7, 11) is -2.19. The Labute approximate surface area is 306 Å². The maximum absolute atomic E-state index is 6.58. The van der Waals surface area contributed by atoms with Gasteiger partial charge < -0.3 is 13.6 Å². The third kappa shape index (κ3) is 39.0. The normalized spacial score (nSPS) is 12.9. The molecule has 1 unspecified atom stereocenters. The highest BCUT2D eigenvalue weighted by molar-refractivity contribution is 9.09. The minimum atomic E-state index is -2.19. The number of ether oxygens (including phenoxy) is 1. The van der Waals surface area contributed by atoms with Gasteiger partial charge in [0.2, 0.25) is 0 Å². The fourth-order valence-corrected chi connectivity index (χ4v) is 8.21. The Kier molecular flexibility index (Phi) is 39.4. The molecule has 0 bridgehead atoms. The molecule has 0 aromatic heterocycles. The molecule has 0 spiro atoms. The van der Waals surface area contributed by atoms with Crippen molar-refractivity contribution in [3.05, 3.63) is 12.2 Å². The second-order valence-electron chi connectivity index (χ2n) is 14.7. The molecule has 0 saturated heterocycles. The molecule has 47 heavy (non-hydrogen) atoms. The van der Waals surface area contributed by atoms with E-state index >= 15 is 0 Å². The lowest BCUT2D eigenvalue weighted by Crippen LogP contribution is -2.40. The first-order valence-electron chi connectivity index (χ1n) is 21.2. The summed E-state index contributed by atoms with van der Waals surface area (Å²) in [5.74, 6) is 0. The van der Waals surface area contributed by atoms with Crippen molar-refractivity contribution < 1.29 is 13.6 Å². The second kappa shape index (κ2) is 39.1. The average molecular weight is 746 g/mol. The number of halogens is 1. The van der Waals surface area contributed by atoms with Gasteiger partial charge in [-0.3, -0.25) is 0 Å². The van der Waals surface area contributed by atoms with Crippen molar-refractivity contribution in [1.82, 2.24) is 0 Å². The van der Waals surface area contributed by atoms with E-state index in [1.165, 1.54) is 186 Å². The van der Waals surface area contributed by atoms with Crippen molar-refractivity contribution in [1.29, 1.82) is 0 Å². The summed E-state index contributed by atoms with van der Waals surface area (Å²) in [5.41, 5.74) is 0. The average Bonchev–Trinajstić information content (AvgIpc) is 3.06. The number of unbranched alkanes of at least 4 members (excludes halogenated alkanes) is 27. The van der Waals surface area contributed by atoms with Crippen LogP contribution in [0.2, 0.25) is 13.1 Å². The zero-order valence-electron chi connectivity index (χ0n) is 32.6. The molecule has 0 radical (unpaired) electrons. The van der Waals surface area contributed by atoms with Gasteiger partial charge in [0.25, 0.3) is 0 Å². The summed E-state index contributed by atoms with van der Waals surface area (Å²) in [5, 5.41) is 1.10. The molecular formula is C42H85BrO3Si. The van der Waals surface area contributed by atoms with E-state index in [2.05, 4.69) is 55.0 Å². The van der Waals surface area contributed by atoms with Crippen LogP contribution in [0, 0.1) is 0 Å². The van der Waals surface area contributed by atoms with Crippen molar-refractivity contribution in [2.45, 2.75) is 239 Å². The third-order valence-corrected chi connectivity index (χ3v) is 11.7. The summed E-state index contributed by atoms with van der Waals surface area (Å²) in [6, 6.07) is 0. The van der Waals surface area contributed by atoms with Crippen LogP contribution in [0.3, 0.4) is 0 Å². The summed E-state index contributed by atoms with van der Waals surface area (Å²) in [4.78, 5) is 0. The predicted octanol–water partition coefficient (Wildman–Crippen LogP) is 15.5. The van der Waals surface area contributed by atoms with Crippen LogP contribution in [-0.4, -0.2) is 33.4 Å². The van der Waals surface area contributed by atoms with Crippen LogP contribution in [0.5, 0.6) is 0 Å². The summed E-state index contributed by atoms with van der Waals surface area (Å²) < 4.78 is 19.3. The first-order valence-corrected chi connectivity index (χ1v) is 25.1. The van der Waals surface area contributed by atoms with Crippen molar-refractivity contribution in [3.63, 3.8) is 0 Å². The van der Waals surface area contributed by atoms with Crippen LogP contribution in [0.25, 0.3) is 0 Å². The zero-order valence-corrected chi connectivity index (χ0v) is 35.2.